The summed E-state index contributed by atoms with van der Waals surface area (Å²) < 4.78 is 5.72. The molecule has 24 heavy (non-hydrogen) atoms. The van der Waals surface area contributed by atoms with Crippen LogP contribution >= 0.6 is 0 Å². The normalized spacial score (nSPS) is 10.9. The minimum absolute atomic E-state index is 0.109. The second-order valence-corrected chi connectivity index (χ2v) is 5.26. The number of hydrogen-bond acceptors (Lipinski definition) is 5. The minimum Gasteiger partial charge on any atom is -0.405 e. The van der Waals surface area contributed by atoms with Gasteiger partial charge in [-0.1, -0.05) is 37.3 Å². The molecule has 0 fully saturated rings. The van der Waals surface area contributed by atoms with Crippen molar-refractivity contribution in [3.63, 3.8) is 0 Å². The van der Waals surface area contributed by atoms with Crippen molar-refractivity contribution in [2.45, 2.75) is 19.9 Å². The number of aromatic nitrogens is 2. The van der Waals surface area contributed by atoms with Crippen molar-refractivity contribution in [1.29, 1.82) is 0 Å². The van der Waals surface area contributed by atoms with Crippen molar-refractivity contribution in [3.8, 4) is 0 Å². The second kappa shape index (κ2) is 6.11. The zero-order valence-corrected chi connectivity index (χ0v) is 12.9. The van der Waals surface area contributed by atoms with Crippen molar-refractivity contribution in [2.24, 2.45) is 0 Å². The summed E-state index contributed by atoms with van der Waals surface area (Å²) in [5, 5.41) is 0.109. The Kier molecular flexibility index (Phi) is 3.99. The summed E-state index contributed by atoms with van der Waals surface area (Å²) in [4.78, 5) is 50.9. The van der Waals surface area contributed by atoms with Crippen LogP contribution in [0.5, 0.6) is 0 Å². The number of aromatic amines is 1. The Morgan fingerprint density at radius 3 is 2.54 bits per heavy atom. The van der Waals surface area contributed by atoms with E-state index >= 15 is 0 Å². The van der Waals surface area contributed by atoms with Gasteiger partial charge in [-0.15, -0.1) is 0 Å². The molecule has 3 rings (SSSR count). The van der Waals surface area contributed by atoms with Crippen LogP contribution in [-0.2, 0) is 13.0 Å². The molecule has 0 radical (unpaired) electrons. The van der Waals surface area contributed by atoms with E-state index in [2.05, 4.69) is 4.98 Å². The topological polar surface area (TPSA) is 102 Å². The second-order valence-electron chi connectivity index (χ2n) is 5.26. The summed E-state index contributed by atoms with van der Waals surface area (Å²) in [7, 11) is 0. The molecule has 0 aliphatic carbocycles. The van der Waals surface area contributed by atoms with Crippen molar-refractivity contribution in [3.05, 3.63) is 78.8 Å². The largest absolute Gasteiger partial charge is 0.405 e. The molecular weight excluding hydrogens is 312 g/mol. The molecule has 0 saturated carbocycles. The fourth-order valence-corrected chi connectivity index (χ4v) is 2.54. The smallest absolute Gasteiger partial charge is 0.337 e. The molecule has 1 N–H and O–H groups in total. The third-order valence-electron chi connectivity index (χ3n) is 3.75. The van der Waals surface area contributed by atoms with E-state index in [1.165, 1.54) is 6.07 Å². The molecule has 0 aliphatic heterocycles. The van der Waals surface area contributed by atoms with E-state index in [0.29, 0.717) is 17.5 Å². The monoisotopic (exact) mass is 326 g/mol. The number of rotatable bonds is 4. The van der Waals surface area contributed by atoms with E-state index in [1.807, 2.05) is 0 Å². The van der Waals surface area contributed by atoms with Crippen LogP contribution in [0.4, 0.5) is 0 Å². The van der Waals surface area contributed by atoms with Gasteiger partial charge in [0.1, 0.15) is 5.39 Å². The molecule has 0 bridgehead atoms. The summed E-state index contributed by atoms with van der Waals surface area (Å²) in [6.07, 6.45) is 0.413. The molecule has 0 saturated heterocycles. The number of aryl methyl sites for hydroxylation is 1. The number of fused-ring (bicyclic) bond motifs is 1. The number of nitrogens with zero attached hydrogens (tertiary/aromatic N) is 1. The number of H-pyrrole nitrogens is 1. The van der Waals surface area contributed by atoms with Gasteiger partial charge in [0.05, 0.1) is 6.54 Å². The fourth-order valence-electron chi connectivity index (χ4n) is 2.54. The molecule has 0 spiro atoms. The summed E-state index contributed by atoms with van der Waals surface area (Å²) >= 11 is 0. The van der Waals surface area contributed by atoms with Gasteiger partial charge in [-0.05, 0) is 12.0 Å². The molecule has 2 heterocycles. The summed E-state index contributed by atoms with van der Waals surface area (Å²) in [5.74, 6) is -0.363. The molecule has 7 heteroatoms. The van der Waals surface area contributed by atoms with Gasteiger partial charge < -0.3 is 4.42 Å². The van der Waals surface area contributed by atoms with Crippen LogP contribution in [-0.4, -0.2) is 15.3 Å². The fraction of sp³-hybridized carbons (Fsp3) is 0.176. The van der Waals surface area contributed by atoms with Crippen LogP contribution in [0.3, 0.4) is 0 Å². The quantitative estimate of drug-likeness (QED) is 0.723. The molecule has 1 aromatic carbocycles. The number of nitrogens with one attached hydrogen (secondary N) is 1. The van der Waals surface area contributed by atoms with Crippen LogP contribution in [0.25, 0.3) is 11.1 Å². The summed E-state index contributed by atoms with van der Waals surface area (Å²) in [6, 6.07) is 9.60. The molecule has 7 nitrogen and oxygen atoms in total. The van der Waals surface area contributed by atoms with E-state index in [-0.39, 0.29) is 16.9 Å². The Bertz CT molecular complexity index is 1090. The lowest BCUT2D eigenvalue weighted by atomic mass is 10.1. The Labute approximate surface area is 135 Å². The number of ketones is 1. The maximum absolute atomic E-state index is 12.6. The van der Waals surface area contributed by atoms with Crippen LogP contribution < -0.4 is 16.9 Å². The summed E-state index contributed by atoms with van der Waals surface area (Å²) in [5.41, 5.74) is -1.40. The molecule has 0 unspecified atom stereocenters. The van der Waals surface area contributed by atoms with Crippen LogP contribution in [0, 0.1) is 0 Å². The van der Waals surface area contributed by atoms with Crippen molar-refractivity contribution < 1.29 is 9.21 Å². The van der Waals surface area contributed by atoms with Gasteiger partial charge in [0.15, 0.2) is 5.78 Å². The Morgan fingerprint density at radius 2 is 1.88 bits per heavy atom. The molecular formula is C17H14N2O5. The molecule has 0 amide bonds. The third kappa shape index (κ3) is 2.71. The van der Waals surface area contributed by atoms with Crippen LogP contribution in [0.2, 0.25) is 0 Å². The first-order valence-electron chi connectivity index (χ1n) is 7.39. The molecule has 2 aromatic heterocycles. The molecule has 3 aromatic rings. The Balaban J connectivity index is 2.17. The first-order chi connectivity index (χ1) is 11.5. The van der Waals surface area contributed by atoms with E-state index < -0.39 is 23.4 Å². The highest BCUT2D eigenvalue weighted by Crippen LogP contribution is 2.10. The maximum atomic E-state index is 12.6. The lowest BCUT2D eigenvalue weighted by Gasteiger charge is -2.07. The highest BCUT2D eigenvalue weighted by atomic mass is 16.4. The first-order valence-corrected chi connectivity index (χ1v) is 7.39. The Hall–Kier alpha value is -3.22. The zero-order valence-electron chi connectivity index (χ0n) is 12.9. The molecule has 122 valence electrons. The maximum Gasteiger partial charge on any atom is 0.337 e. The molecule has 0 atom stereocenters. The van der Waals surface area contributed by atoms with E-state index in [4.69, 9.17) is 4.42 Å². The predicted octanol–water partition coefficient (Wildman–Crippen LogP) is 1.09. The third-order valence-corrected chi connectivity index (χ3v) is 3.75. The van der Waals surface area contributed by atoms with Gasteiger partial charge >= 0.3 is 11.3 Å². The SMILES string of the molecule is CCc1cc(=O)oc2[nH]c(=O)n(CC(=O)c3ccccc3)c(=O)c12. The Morgan fingerprint density at radius 1 is 1.17 bits per heavy atom. The number of benzene rings is 1. The van der Waals surface area contributed by atoms with Gasteiger partial charge in [0, 0.05) is 11.6 Å². The van der Waals surface area contributed by atoms with Gasteiger partial charge in [0.2, 0.25) is 5.71 Å². The van der Waals surface area contributed by atoms with Gasteiger partial charge in [-0.25, -0.2) is 9.59 Å². The highest BCUT2D eigenvalue weighted by molar-refractivity contribution is 5.95. The standard InChI is InChI=1S/C17H14N2O5/c1-2-10-8-13(21)24-15-14(10)16(22)19(17(23)18-15)9-12(20)11-6-4-3-5-7-11/h3-8H,2,9H2,1H3,(H,18,23). The predicted molar refractivity (Wildman–Crippen MR) is 87.5 cm³/mol. The van der Waals surface area contributed by atoms with Crippen LogP contribution in [0.1, 0.15) is 22.8 Å². The van der Waals surface area contributed by atoms with Crippen LogP contribution in [0.15, 0.2) is 55.2 Å². The first kappa shape index (κ1) is 15.7. The molecule has 0 aliphatic rings. The van der Waals surface area contributed by atoms with Gasteiger partial charge in [0.25, 0.3) is 5.56 Å². The van der Waals surface area contributed by atoms with Gasteiger partial charge in [-0.2, -0.15) is 0 Å². The highest BCUT2D eigenvalue weighted by Gasteiger charge is 2.16. The van der Waals surface area contributed by atoms with Crippen molar-refractivity contribution in [2.75, 3.05) is 0 Å². The van der Waals surface area contributed by atoms with E-state index in [0.717, 1.165) is 4.57 Å². The average Bonchev–Trinajstić information content (AvgIpc) is 2.58. The lowest BCUT2D eigenvalue weighted by Crippen LogP contribution is -2.38. The van der Waals surface area contributed by atoms with Gasteiger partial charge in [-0.3, -0.25) is 19.1 Å². The zero-order chi connectivity index (χ0) is 17.3. The average molecular weight is 326 g/mol. The van der Waals surface area contributed by atoms with Crippen molar-refractivity contribution in [1.82, 2.24) is 9.55 Å². The number of carbonyl (C=O) groups excluding carboxylic acids is 1. The van der Waals surface area contributed by atoms with E-state index in [9.17, 15) is 19.2 Å². The minimum atomic E-state index is -0.798. The summed E-state index contributed by atoms with van der Waals surface area (Å²) in [6.45, 7) is 1.38. The number of carbonyl (C=O) groups is 1. The van der Waals surface area contributed by atoms with E-state index in [1.54, 1.807) is 37.3 Å². The number of Topliss-reactive ketones (excluding diaryl/α,β-unsaturated/α-hetero) is 1. The number of hydrogen-bond donors (Lipinski definition) is 1. The van der Waals surface area contributed by atoms with Crippen molar-refractivity contribution >= 4 is 16.9 Å². The lowest BCUT2D eigenvalue weighted by molar-refractivity contribution is 0.0969.